The van der Waals surface area contributed by atoms with Gasteiger partial charge in [-0.25, -0.2) is 0 Å². The van der Waals surface area contributed by atoms with Gasteiger partial charge in [0.05, 0.1) is 11.1 Å². The zero-order valence-electron chi connectivity index (χ0n) is 27.9. The first-order valence-electron chi connectivity index (χ1n) is 17.5. The molecule has 0 saturated heterocycles. The molecule has 8 aromatic carbocycles. The number of fused-ring (bicyclic) bond motifs is 9. The molecule has 0 fully saturated rings. The number of rotatable bonds is 5. The zero-order chi connectivity index (χ0) is 34.2. The van der Waals surface area contributed by atoms with Crippen molar-refractivity contribution in [3.63, 3.8) is 0 Å². The van der Waals surface area contributed by atoms with Crippen LogP contribution in [-0.4, -0.2) is 0 Å². The van der Waals surface area contributed by atoms with E-state index in [1.54, 1.807) is 0 Å². The normalized spacial score (nSPS) is 11.8. The molecule has 4 heteroatoms. The number of nitrogens with zero attached hydrogens (tertiary/aromatic N) is 1. The van der Waals surface area contributed by atoms with E-state index in [2.05, 4.69) is 175 Å². The summed E-state index contributed by atoms with van der Waals surface area (Å²) in [5, 5.41) is 7.48. The van der Waals surface area contributed by atoms with E-state index in [1.807, 2.05) is 28.7 Å². The lowest BCUT2D eigenvalue weighted by atomic mass is 10.0. The van der Waals surface area contributed by atoms with Crippen molar-refractivity contribution in [2.75, 3.05) is 4.90 Å². The highest BCUT2D eigenvalue weighted by molar-refractivity contribution is 7.26. The summed E-state index contributed by atoms with van der Waals surface area (Å²) in [4.78, 5) is 2.38. The number of para-hydroxylation sites is 1. The van der Waals surface area contributed by atoms with E-state index in [4.69, 9.17) is 4.42 Å². The van der Waals surface area contributed by atoms with Crippen LogP contribution in [0.2, 0.25) is 0 Å². The number of anilines is 3. The average Bonchev–Trinajstić information content (AvgIpc) is 3.89. The van der Waals surface area contributed by atoms with Crippen LogP contribution in [0.4, 0.5) is 17.1 Å². The lowest BCUT2D eigenvalue weighted by Gasteiger charge is -2.27. The predicted octanol–water partition coefficient (Wildman–Crippen LogP) is 15.1. The highest BCUT2D eigenvalue weighted by Crippen LogP contribution is 2.45. The lowest BCUT2D eigenvalue weighted by molar-refractivity contribution is 0.669. The third-order valence-electron chi connectivity index (χ3n) is 10.3. The fourth-order valence-corrected chi connectivity index (χ4v) is 10.0. The first-order valence-corrected chi connectivity index (χ1v) is 19.1. The minimum absolute atomic E-state index is 0.878. The largest absolute Gasteiger partial charge is 0.456 e. The third-order valence-corrected chi connectivity index (χ3v) is 12.6. The number of benzene rings is 8. The van der Waals surface area contributed by atoms with Crippen molar-refractivity contribution in [1.29, 1.82) is 0 Å². The fourth-order valence-electron chi connectivity index (χ4n) is 7.81. The van der Waals surface area contributed by atoms with Crippen molar-refractivity contribution in [2.24, 2.45) is 0 Å². The van der Waals surface area contributed by atoms with E-state index in [0.717, 1.165) is 39.0 Å². The van der Waals surface area contributed by atoms with Crippen LogP contribution in [0.15, 0.2) is 180 Å². The Morgan fingerprint density at radius 2 is 0.942 bits per heavy atom. The third kappa shape index (κ3) is 4.69. The molecule has 0 unspecified atom stereocenters. The van der Waals surface area contributed by atoms with Crippen molar-refractivity contribution in [3.05, 3.63) is 176 Å². The summed E-state index contributed by atoms with van der Waals surface area (Å²) in [5.41, 5.74) is 9.82. The zero-order valence-corrected chi connectivity index (χ0v) is 29.5. The van der Waals surface area contributed by atoms with Gasteiger partial charge >= 0.3 is 0 Å². The highest BCUT2D eigenvalue weighted by Gasteiger charge is 2.20. The van der Waals surface area contributed by atoms with Crippen LogP contribution in [-0.2, 0) is 0 Å². The van der Waals surface area contributed by atoms with Gasteiger partial charge in [0.15, 0.2) is 0 Å². The minimum Gasteiger partial charge on any atom is -0.456 e. The second-order valence-corrected chi connectivity index (χ2v) is 15.5. The lowest BCUT2D eigenvalue weighted by Crippen LogP contribution is -2.10. The molecule has 0 radical (unpaired) electrons. The van der Waals surface area contributed by atoms with Gasteiger partial charge in [0.25, 0.3) is 0 Å². The molecule has 0 spiro atoms. The van der Waals surface area contributed by atoms with Crippen LogP contribution in [0.3, 0.4) is 0 Å². The van der Waals surface area contributed by atoms with E-state index in [0.29, 0.717) is 0 Å². The maximum atomic E-state index is 6.39. The second kappa shape index (κ2) is 11.7. The molecular formula is C48H29NOS2. The Morgan fingerprint density at radius 3 is 1.79 bits per heavy atom. The maximum absolute atomic E-state index is 6.39. The molecule has 52 heavy (non-hydrogen) atoms. The van der Waals surface area contributed by atoms with Crippen molar-refractivity contribution < 1.29 is 4.42 Å². The van der Waals surface area contributed by atoms with E-state index < -0.39 is 0 Å². The Labute approximate surface area is 308 Å². The van der Waals surface area contributed by atoms with Crippen molar-refractivity contribution in [1.82, 2.24) is 0 Å². The summed E-state index contributed by atoms with van der Waals surface area (Å²) >= 11 is 3.72. The van der Waals surface area contributed by atoms with Crippen LogP contribution in [0.25, 0.3) is 84.5 Å². The standard InChI is InChI=1S/C48H29NOS2/c1-4-15-42-39(13-1)48-41(14-8-16-43(48)50-42)49(34-23-19-30(20-24-34)32-22-26-46-40(28-32)37-12-3-6-18-45(37)51-46)35-10-7-9-31(27-35)33-21-25-38-36-11-2-5-17-44(36)52-47(38)29-33/h1-29H. The summed E-state index contributed by atoms with van der Waals surface area (Å²) in [5.74, 6) is 0. The quantitative estimate of drug-likeness (QED) is 0.178. The fraction of sp³-hybridized carbons (Fsp3) is 0. The summed E-state index contributed by atoms with van der Waals surface area (Å²) < 4.78 is 11.7. The van der Waals surface area contributed by atoms with Crippen LogP contribution < -0.4 is 4.90 Å². The molecule has 0 aliphatic heterocycles. The topological polar surface area (TPSA) is 16.4 Å². The first-order chi connectivity index (χ1) is 25.7. The average molecular weight is 700 g/mol. The number of thiophene rings is 2. The van der Waals surface area contributed by atoms with Crippen molar-refractivity contribution in [3.8, 4) is 22.3 Å². The second-order valence-electron chi connectivity index (χ2n) is 13.3. The molecule has 0 aliphatic carbocycles. The van der Waals surface area contributed by atoms with E-state index in [1.165, 1.54) is 62.6 Å². The van der Waals surface area contributed by atoms with E-state index in [-0.39, 0.29) is 0 Å². The molecule has 0 N–H and O–H groups in total. The van der Waals surface area contributed by atoms with Crippen LogP contribution in [0.5, 0.6) is 0 Å². The first kappa shape index (κ1) is 29.5. The molecule has 2 nitrogen and oxygen atoms in total. The highest BCUT2D eigenvalue weighted by atomic mass is 32.1. The molecule has 0 bridgehead atoms. The van der Waals surface area contributed by atoms with Crippen molar-refractivity contribution >= 4 is 102 Å². The number of furan rings is 1. The molecule has 0 saturated carbocycles. The van der Waals surface area contributed by atoms with E-state index >= 15 is 0 Å². The summed E-state index contributed by atoms with van der Waals surface area (Å²) in [7, 11) is 0. The Bertz CT molecular complexity index is 3150. The van der Waals surface area contributed by atoms with Crippen LogP contribution in [0, 0.1) is 0 Å². The molecular weight excluding hydrogens is 671 g/mol. The molecule has 0 amide bonds. The van der Waals surface area contributed by atoms with Crippen LogP contribution in [0.1, 0.15) is 0 Å². The maximum Gasteiger partial charge on any atom is 0.137 e. The smallest absolute Gasteiger partial charge is 0.137 e. The predicted molar refractivity (Wildman–Crippen MR) is 225 cm³/mol. The van der Waals surface area contributed by atoms with Gasteiger partial charge in [0, 0.05) is 57.1 Å². The Balaban J connectivity index is 1.06. The molecule has 244 valence electrons. The van der Waals surface area contributed by atoms with Gasteiger partial charge in [-0.2, -0.15) is 0 Å². The number of hydrogen-bond acceptors (Lipinski definition) is 4. The van der Waals surface area contributed by atoms with Gasteiger partial charge in [0.2, 0.25) is 0 Å². The van der Waals surface area contributed by atoms with Gasteiger partial charge in [-0.05, 0) is 95.1 Å². The van der Waals surface area contributed by atoms with Gasteiger partial charge < -0.3 is 9.32 Å². The molecule has 0 aliphatic rings. The SMILES string of the molecule is c1cc(-c2ccc3c(c2)sc2ccccc23)cc(N(c2ccc(-c3ccc4sc5ccccc5c4c3)cc2)c2cccc3oc4ccccc4c23)c1. The van der Waals surface area contributed by atoms with Gasteiger partial charge in [-0.3, -0.25) is 0 Å². The van der Waals surface area contributed by atoms with Gasteiger partial charge in [-0.1, -0.05) is 103 Å². The summed E-state index contributed by atoms with van der Waals surface area (Å²) in [6.07, 6.45) is 0. The Kier molecular flexibility index (Phi) is 6.63. The minimum atomic E-state index is 0.878. The summed E-state index contributed by atoms with van der Waals surface area (Å²) in [6.45, 7) is 0. The molecule has 3 heterocycles. The molecule has 11 aromatic rings. The van der Waals surface area contributed by atoms with Crippen LogP contribution >= 0.6 is 22.7 Å². The molecule has 3 aromatic heterocycles. The molecule has 0 atom stereocenters. The van der Waals surface area contributed by atoms with E-state index in [9.17, 15) is 0 Å². The summed E-state index contributed by atoms with van der Waals surface area (Å²) in [6, 6.07) is 63.8. The van der Waals surface area contributed by atoms with Gasteiger partial charge in [0.1, 0.15) is 11.2 Å². The Morgan fingerprint density at radius 1 is 0.346 bits per heavy atom. The van der Waals surface area contributed by atoms with Crippen molar-refractivity contribution in [2.45, 2.75) is 0 Å². The molecule has 11 rings (SSSR count). The number of hydrogen-bond donors (Lipinski definition) is 0. The van der Waals surface area contributed by atoms with Gasteiger partial charge in [-0.15, -0.1) is 22.7 Å². The monoisotopic (exact) mass is 699 g/mol. The Hall–Kier alpha value is -6.20.